The normalized spacial score (nSPS) is 11.9. The summed E-state index contributed by atoms with van der Waals surface area (Å²) in [5.41, 5.74) is 1.54. The molecule has 5 heteroatoms. The van der Waals surface area contributed by atoms with Crippen molar-refractivity contribution in [2.45, 2.75) is 19.4 Å². The zero-order valence-corrected chi connectivity index (χ0v) is 12.1. The van der Waals surface area contributed by atoms with E-state index >= 15 is 0 Å². The first-order chi connectivity index (χ1) is 9.65. The Labute approximate surface area is 122 Å². The highest BCUT2D eigenvalue weighted by molar-refractivity contribution is 7.09. The predicted octanol–water partition coefficient (Wildman–Crippen LogP) is 3.17. The molecule has 2 aromatic rings. The number of aliphatic hydroxyl groups excluding tert-OH is 1. The fourth-order valence-electron chi connectivity index (χ4n) is 1.77. The maximum atomic E-state index is 11.7. The highest BCUT2D eigenvalue weighted by atomic mass is 32.1. The van der Waals surface area contributed by atoms with Gasteiger partial charge < -0.3 is 15.7 Å². The molecular weight excluding hydrogens is 272 g/mol. The lowest BCUT2D eigenvalue weighted by atomic mass is 10.1. The van der Waals surface area contributed by atoms with Crippen molar-refractivity contribution in [1.82, 2.24) is 5.32 Å². The van der Waals surface area contributed by atoms with Crippen molar-refractivity contribution in [3.05, 3.63) is 52.2 Å². The van der Waals surface area contributed by atoms with Crippen molar-refractivity contribution in [2.24, 2.45) is 0 Å². The zero-order chi connectivity index (χ0) is 14.4. The minimum Gasteiger partial charge on any atom is -0.389 e. The van der Waals surface area contributed by atoms with Gasteiger partial charge in [0, 0.05) is 17.1 Å². The first kappa shape index (κ1) is 14.6. The van der Waals surface area contributed by atoms with Crippen LogP contribution in [0.4, 0.5) is 10.5 Å². The van der Waals surface area contributed by atoms with E-state index in [9.17, 15) is 9.90 Å². The molecule has 1 aromatic carbocycles. The first-order valence-corrected chi connectivity index (χ1v) is 7.38. The summed E-state index contributed by atoms with van der Waals surface area (Å²) in [7, 11) is 0. The molecule has 1 heterocycles. The molecule has 0 spiro atoms. The molecule has 1 atom stereocenters. The first-order valence-electron chi connectivity index (χ1n) is 6.50. The Hall–Kier alpha value is -1.85. The number of hydrogen-bond acceptors (Lipinski definition) is 3. The minimum atomic E-state index is -0.497. The Morgan fingerprint density at radius 1 is 1.30 bits per heavy atom. The Morgan fingerprint density at radius 3 is 2.65 bits per heavy atom. The van der Waals surface area contributed by atoms with Crippen molar-refractivity contribution in [3.8, 4) is 0 Å². The van der Waals surface area contributed by atoms with E-state index in [2.05, 4.69) is 16.7 Å². The molecule has 2 amide bonds. The lowest BCUT2D eigenvalue weighted by Crippen LogP contribution is -2.30. The lowest BCUT2D eigenvalue weighted by Gasteiger charge is -2.09. The summed E-state index contributed by atoms with van der Waals surface area (Å²) in [6.07, 6.45) is 0.343. The summed E-state index contributed by atoms with van der Waals surface area (Å²) < 4.78 is 0. The van der Waals surface area contributed by atoms with Crippen LogP contribution in [0, 0.1) is 0 Å². The number of amides is 2. The number of nitrogens with one attached hydrogen (secondary N) is 2. The van der Waals surface area contributed by atoms with Crippen LogP contribution in [0.1, 0.15) is 23.5 Å². The molecule has 3 N–H and O–H groups in total. The third kappa shape index (κ3) is 4.36. The second-order valence-electron chi connectivity index (χ2n) is 4.51. The Bertz CT molecular complexity index is 536. The van der Waals surface area contributed by atoms with Gasteiger partial charge in [-0.25, -0.2) is 4.79 Å². The van der Waals surface area contributed by atoms with Crippen LogP contribution < -0.4 is 10.6 Å². The number of rotatable bonds is 5. The van der Waals surface area contributed by atoms with E-state index in [1.165, 1.54) is 4.88 Å². The zero-order valence-electron chi connectivity index (χ0n) is 11.3. The summed E-state index contributed by atoms with van der Waals surface area (Å²) in [5, 5.41) is 17.0. The number of urea groups is 1. The van der Waals surface area contributed by atoms with Crippen LogP contribution in [0.15, 0.2) is 41.8 Å². The van der Waals surface area contributed by atoms with Crippen LogP contribution in [0.3, 0.4) is 0 Å². The number of aliphatic hydroxyl groups is 1. The molecule has 1 aromatic heterocycles. The Morgan fingerprint density at radius 2 is 2.05 bits per heavy atom. The van der Waals surface area contributed by atoms with Gasteiger partial charge in [0.15, 0.2) is 0 Å². The molecule has 0 radical (unpaired) electrons. The molecule has 0 aliphatic rings. The monoisotopic (exact) mass is 290 g/mol. The molecular formula is C15H18N2O2S. The van der Waals surface area contributed by atoms with E-state index in [0.717, 1.165) is 12.0 Å². The number of carbonyl (C=O) groups excluding carboxylic acids is 1. The summed E-state index contributed by atoms with van der Waals surface area (Å²) in [6, 6.07) is 11.0. The van der Waals surface area contributed by atoms with Gasteiger partial charge in [0.1, 0.15) is 0 Å². The third-order valence-corrected chi connectivity index (χ3v) is 3.82. The SMILES string of the molecule is CC(O)c1ccc(NC(=O)NCCc2cccs2)cc1. The van der Waals surface area contributed by atoms with Crippen molar-refractivity contribution >= 4 is 23.1 Å². The van der Waals surface area contributed by atoms with Gasteiger partial charge in [-0.2, -0.15) is 0 Å². The highest BCUT2D eigenvalue weighted by Crippen LogP contribution is 2.15. The molecule has 0 aliphatic heterocycles. The molecule has 2 rings (SSSR count). The largest absolute Gasteiger partial charge is 0.389 e. The van der Waals surface area contributed by atoms with Gasteiger partial charge in [0.25, 0.3) is 0 Å². The minimum absolute atomic E-state index is 0.216. The van der Waals surface area contributed by atoms with E-state index < -0.39 is 6.10 Å². The molecule has 0 saturated carbocycles. The number of thiophene rings is 1. The van der Waals surface area contributed by atoms with Crippen LogP contribution in [0.5, 0.6) is 0 Å². The average Bonchev–Trinajstić information content (AvgIpc) is 2.92. The maximum absolute atomic E-state index is 11.7. The third-order valence-electron chi connectivity index (χ3n) is 2.89. The van der Waals surface area contributed by atoms with Crippen molar-refractivity contribution < 1.29 is 9.90 Å². The van der Waals surface area contributed by atoms with Gasteiger partial charge in [-0.15, -0.1) is 11.3 Å². The van der Waals surface area contributed by atoms with Gasteiger partial charge in [-0.05, 0) is 42.5 Å². The second-order valence-corrected chi connectivity index (χ2v) is 5.54. The van der Waals surface area contributed by atoms with Crippen LogP contribution in [0.2, 0.25) is 0 Å². The average molecular weight is 290 g/mol. The topological polar surface area (TPSA) is 61.4 Å². The Kier molecular flexibility index (Phi) is 5.15. The van der Waals surface area contributed by atoms with E-state index in [1.54, 1.807) is 42.5 Å². The van der Waals surface area contributed by atoms with Gasteiger partial charge in [-0.1, -0.05) is 18.2 Å². The Balaban J connectivity index is 1.76. The fourth-order valence-corrected chi connectivity index (χ4v) is 2.48. The van der Waals surface area contributed by atoms with E-state index in [1.807, 2.05) is 11.4 Å². The van der Waals surface area contributed by atoms with Crippen LogP contribution >= 0.6 is 11.3 Å². The van der Waals surface area contributed by atoms with Gasteiger partial charge in [0.2, 0.25) is 0 Å². The molecule has 0 saturated heterocycles. The molecule has 0 aliphatic carbocycles. The lowest BCUT2D eigenvalue weighted by molar-refractivity contribution is 0.199. The highest BCUT2D eigenvalue weighted by Gasteiger charge is 2.03. The molecule has 0 fully saturated rings. The summed E-state index contributed by atoms with van der Waals surface area (Å²) in [5.74, 6) is 0. The molecule has 4 nitrogen and oxygen atoms in total. The van der Waals surface area contributed by atoms with E-state index in [0.29, 0.717) is 12.2 Å². The van der Waals surface area contributed by atoms with E-state index in [4.69, 9.17) is 0 Å². The summed E-state index contributed by atoms with van der Waals surface area (Å²) >= 11 is 1.69. The fraction of sp³-hybridized carbons (Fsp3) is 0.267. The summed E-state index contributed by atoms with van der Waals surface area (Å²) in [6.45, 7) is 2.32. The molecule has 1 unspecified atom stereocenters. The number of hydrogen-bond donors (Lipinski definition) is 3. The summed E-state index contributed by atoms with van der Waals surface area (Å²) in [4.78, 5) is 12.9. The quantitative estimate of drug-likeness (QED) is 0.792. The number of carbonyl (C=O) groups is 1. The van der Waals surface area contributed by atoms with Crippen molar-refractivity contribution in [2.75, 3.05) is 11.9 Å². The second kappa shape index (κ2) is 7.07. The van der Waals surface area contributed by atoms with Gasteiger partial charge >= 0.3 is 6.03 Å². The number of anilines is 1. The van der Waals surface area contributed by atoms with Crippen molar-refractivity contribution in [3.63, 3.8) is 0 Å². The smallest absolute Gasteiger partial charge is 0.319 e. The van der Waals surface area contributed by atoms with Crippen molar-refractivity contribution in [1.29, 1.82) is 0 Å². The van der Waals surface area contributed by atoms with E-state index in [-0.39, 0.29) is 6.03 Å². The van der Waals surface area contributed by atoms with Gasteiger partial charge in [-0.3, -0.25) is 0 Å². The predicted molar refractivity (Wildman–Crippen MR) is 82.1 cm³/mol. The number of benzene rings is 1. The maximum Gasteiger partial charge on any atom is 0.319 e. The van der Waals surface area contributed by atoms with Crippen LogP contribution in [-0.4, -0.2) is 17.7 Å². The van der Waals surface area contributed by atoms with Crippen LogP contribution in [-0.2, 0) is 6.42 Å². The molecule has 20 heavy (non-hydrogen) atoms. The standard InChI is InChI=1S/C15H18N2O2S/c1-11(18)12-4-6-13(7-5-12)17-15(19)16-9-8-14-3-2-10-20-14/h2-7,10-11,18H,8-9H2,1H3,(H2,16,17,19). The van der Waals surface area contributed by atoms with Gasteiger partial charge in [0.05, 0.1) is 6.10 Å². The molecule has 106 valence electrons. The molecule has 0 bridgehead atoms. The van der Waals surface area contributed by atoms with Crippen LogP contribution in [0.25, 0.3) is 0 Å².